The van der Waals surface area contributed by atoms with Crippen molar-refractivity contribution >= 4 is 21.6 Å². The molecule has 1 atom stereocenters. The third kappa shape index (κ3) is 4.71. The van der Waals surface area contributed by atoms with Crippen LogP contribution in [0.1, 0.15) is 40.0 Å². The first-order valence-electron chi connectivity index (χ1n) is 9.71. The number of hydrogen-bond donors (Lipinski definition) is 1. The van der Waals surface area contributed by atoms with Crippen LogP contribution in [0.25, 0.3) is 0 Å². The Morgan fingerprint density at radius 1 is 0.900 bits per heavy atom. The summed E-state index contributed by atoms with van der Waals surface area (Å²) >= 11 is 0. The van der Waals surface area contributed by atoms with Crippen LogP contribution in [0.3, 0.4) is 0 Å². The number of nitrogens with zero attached hydrogens (tertiary/aromatic N) is 1. The highest BCUT2D eigenvalue weighted by molar-refractivity contribution is 7.92. The lowest BCUT2D eigenvalue weighted by molar-refractivity contribution is 0.0939. The highest BCUT2D eigenvalue weighted by atomic mass is 32.2. The summed E-state index contributed by atoms with van der Waals surface area (Å²) in [7, 11) is -2.29. The van der Waals surface area contributed by atoms with E-state index in [1.807, 2.05) is 57.2 Å². The van der Waals surface area contributed by atoms with Crippen molar-refractivity contribution in [3.63, 3.8) is 0 Å². The number of sulfonamides is 1. The van der Waals surface area contributed by atoms with E-state index in [9.17, 15) is 13.2 Å². The second-order valence-electron chi connectivity index (χ2n) is 7.45. The fourth-order valence-corrected chi connectivity index (χ4v) is 4.37. The third-order valence-corrected chi connectivity index (χ3v) is 6.83. The molecule has 1 N–H and O–H groups in total. The first-order chi connectivity index (χ1) is 14.2. The van der Waals surface area contributed by atoms with Crippen molar-refractivity contribution < 1.29 is 13.2 Å². The lowest BCUT2D eigenvalue weighted by Gasteiger charge is -2.20. The standard InChI is InChI=1S/C24H26N2O3S/c1-17-11-13-20(14-12-17)19(3)25-24(27)21-8-6-10-23(16-21)30(28,29)26(4)22-9-5-7-18(2)15-22/h5-16,19H,1-4H3,(H,25,27)/t19-/m0/s1. The molecule has 0 aliphatic rings. The van der Waals surface area contributed by atoms with Crippen LogP contribution in [0, 0.1) is 13.8 Å². The maximum atomic E-state index is 13.1. The number of aryl methyl sites for hydroxylation is 2. The topological polar surface area (TPSA) is 66.5 Å². The van der Waals surface area contributed by atoms with Gasteiger partial charge in [0.05, 0.1) is 16.6 Å². The van der Waals surface area contributed by atoms with E-state index in [1.165, 1.54) is 23.5 Å². The molecule has 3 rings (SSSR count). The number of nitrogens with one attached hydrogen (secondary N) is 1. The number of anilines is 1. The monoisotopic (exact) mass is 422 g/mol. The van der Waals surface area contributed by atoms with Crippen LogP contribution >= 0.6 is 0 Å². The lowest BCUT2D eigenvalue weighted by atomic mass is 10.1. The summed E-state index contributed by atoms with van der Waals surface area (Å²) in [5.41, 5.74) is 3.96. The Morgan fingerprint density at radius 3 is 2.23 bits per heavy atom. The smallest absolute Gasteiger partial charge is 0.264 e. The van der Waals surface area contributed by atoms with E-state index in [0.29, 0.717) is 11.3 Å². The Morgan fingerprint density at radius 2 is 1.57 bits per heavy atom. The predicted octanol–water partition coefficient (Wildman–Crippen LogP) is 4.62. The molecule has 0 saturated heterocycles. The first kappa shape index (κ1) is 21.6. The van der Waals surface area contributed by atoms with Crippen LogP contribution in [0.15, 0.2) is 77.7 Å². The zero-order valence-corrected chi connectivity index (χ0v) is 18.4. The van der Waals surface area contributed by atoms with Gasteiger partial charge in [0, 0.05) is 12.6 Å². The van der Waals surface area contributed by atoms with Gasteiger partial charge in [-0.3, -0.25) is 9.10 Å². The summed E-state index contributed by atoms with van der Waals surface area (Å²) in [6.45, 7) is 5.81. The minimum Gasteiger partial charge on any atom is -0.346 e. The Kier molecular flexibility index (Phi) is 6.27. The quantitative estimate of drug-likeness (QED) is 0.630. The summed E-state index contributed by atoms with van der Waals surface area (Å²) in [6.07, 6.45) is 0. The Balaban J connectivity index is 1.82. The molecule has 0 spiro atoms. The van der Waals surface area contributed by atoms with Gasteiger partial charge >= 0.3 is 0 Å². The number of carbonyl (C=O) groups excluding carboxylic acids is 1. The van der Waals surface area contributed by atoms with Gasteiger partial charge in [-0.15, -0.1) is 0 Å². The average Bonchev–Trinajstić information content (AvgIpc) is 2.73. The predicted molar refractivity (Wildman–Crippen MR) is 120 cm³/mol. The highest BCUT2D eigenvalue weighted by Gasteiger charge is 2.23. The molecule has 0 aliphatic carbocycles. The van der Waals surface area contributed by atoms with E-state index in [2.05, 4.69) is 5.32 Å². The molecule has 0 radical (unpaired) electrons. The van der Waals surface area contributed by atoms with Crippen LogP contribution in [-0.2, 0) is 10.0 Å². The Hall–Kier alpha value is -3.12. The van der Waals surface area contributed by atoms with Crippen molar-refractivity contribution in [2.75, 3.05) is 11.4 Å². The molecule has 6 heteroatoms. The summed E-state index contributed by atoms with van der Waals surface area (Å²) < 4.78 is 27.4. The average molecular weight is 423 g/mol. The molecule has 3 aromatic rings. The fraction of sp³-hybridized carbons (Fsp3) is 0.208. The number of benzene rings is 3. The molecule has 0 bridgehead atoms. The van der Waals surface area contributed by atoms with Gasteiger partial charge in [0.25, 0.3) is 15.9 Å². The van der Waals surface area contributed by atoms with Crippen molar-refractivity contribution in [2.24, 2.45) is 0 Å². The second-order valence-corrected chi connectivity index (χ2v) is 9.41. The SMILES string of the molecule is Cc1ccc([C@H](C)NC(=O)c2cccc(S(=O)(=O)N(C)c3cccc(C)c3)c2)cc1. The summed E-state index contributed by atoms with van der Waals surface area (Å²) in [4.78, 5) is 12.8. The zero-order valence-electron chi connectivity index (χ0n) is 17.6. The maximum absolute atomic E-state index is 13.1. The molecular formula is C24H26N2O3S. The zero-order chi connectivity index (χ0) is 21.9. The summed E-state index contributed by atoms with van der Waals surface area (Å²) in [5, 5.41) is 2.93. The first-order valence-corrected chi connectivity index (χ1v) is 11.2. The second kappa shape index (κ2) is 8.71. The molecule has 3 aromatic carbocycles. The molecule has 0 unspecified atom stereocenters. The van der Waals surface area contributed by atoms with Gasteiger partial charge in [-0.25, -0.2) is 8.42 Å². The fourth-order valence-electron chi connectivity index (χ4n) is 3.14. The minimum absolute atomic E-state index is 0.0714. The molecule has 0 heterocycles. The molecule has 0 aliphatic heterocycles. The molecule has 5 nitrogen and oxygen atoms in total. The van der Waals surface area contributed by atoms with Gasteiger partial charge in [-0.1, -0.05) is 48.0 Å². The van der Waals surface area contributed by atoms with Gasteiger partial charge in [-0.05, 0) is 62.2 Å². The van der Waals surface area contributed by atoms with E-state index in [0.717, 1.165) is 16.7 Å². The van der Waals surface area contributed by atoms with Crippen molar-refractivity contribution in [2.45, 2.75) is 31.7 Å². The van der Waals surface area contributed by atoms with Crippen molar-refractivity contribution in [1.29, 1.82) is 0 Å². The number of hydrogen-bond acceptors (Lipinski definition) is 3. The van der Waals surface area contributed by atoms with E-state index < -0.39 is 10.0 Å². The number of rotatable bonds is 6. The van der Waals surface area contributed by atoms with Crippen LogP contribution in [0.4, 0.5) is 5.69 Å². The number of carbonyl (C=O) groups is 1. The van der Waals surface area contributed by atoms with Gasteiger partial charge in [0.2, 0.25) is 0 Å². The van der Waals surface area contributed by atoms with Crippen LogP contribution < -0.4 is 9.62 Å². The van der Waals surface area contributed by atoms with Gasteiger partial charge < -0.3 is 5.32 Å². The molecule has 30 heavy (non-hydrogen) atoms. The van der Waals surface area contributed by atoms with Gasteiger partial charge in [-0.2, -0.15) is 0 Å². The summed E-state index contributed by atoms with van der Waals surface area (Å²) in [6, 6.07) is 21.1. The normalized spacial score (nSPS) is 12.3. The Bertz CT molecular complexity index is 1160. The maximum Gasteiger partial charge on any atom is 0.264 e. The highest BCUT2D eigenvalue weighted by Crippen LogP contribution is 2.24. The van der Waals surface area contributed by atoms with E-state index >= 15 is 0 Å². The largest absolute Gasteiger partial charge is 0.346 e. The minimum atomic E-state index is -3.80. The number of amides is 1. The molecular weight excluding hydrogens is 396 g/mol. The van der Waals surface area contributed by atoms with Crippen LogP contribution in [-0.4, -0.2) is 21.4 Å². The van der Waals surface area contributed by atoms with E-state index in [1.54, 1.807) is 24.3 Å². The van der Waals surface area contributed by atoms with Crippen molar-refractivity contribution in [3.8, 4) is 0 Å². The van der Waals surface area contributed by atoms with Crippen molar-refractivity contribution in [1.82, 2.24) is 5.32 Å². The molecule has 0 saturated carbocycles. The van der Waals surface area contributed by atoms with Crippen LogP contribution in [0.5, 0.6) is 0 Å². The lowest BCUT2D eigenvalue weighted by Crippen LogP contribution is -2.28. The van der Waals surface area contributed by atoms with Gasteiger partial charge in [0.1, 0.15) is 0 Å². The Labute approximate surface area is 178 Å². The molecule has 0 aromatic heterocycles. The van der Waals surface area contributed by atoms with E-state index in [4.69, 9.17) is 0 Å². The van der Waals surface area contributed by atoms with Gasteiger partial charge in [0.15, 0.2) is 0 Å². The molecule has 1 amide bonds. The van der Waals surface area contributed by atoms with Crippen LogP contribution in [0.2, 0.25) is 0 Å². The molecule has 156 valence electrons. The van der Waals surface area contributed by atoms with Crippen molar-refractivity contribution in [3.05, 3.63) is 95.1 Å². The van der Waals surface area contributed by atoms with E-state index in [-0.39, 0.29) is 16.8 Å². The third-order valence-electron chi connectivity index (χ3n) is 5.04. The summed E-state index contributed by atoms with van der Waals surface area (Å²) in [5.74, 6) is -0.321. The molecule has 0 fully saturated rings.